The molecule has 0 amide bonds. The molecule has 0 saturated carbocycles. The second-order valence-electron chi connectivity index (χ2n) is 2.93. The maximum absolute atomic E-state index is 13.4. The fourth-order valence-electron chi connectivity index (χ4n) is 1.17. The first-order valence-corrected chi connectivity index (χ1v) is 5.24. The average molecular weight is 279 g/mol. The highest BCUT2D eigenvalue weighted by atomic mass is 79.9. The van der Waals surface area contributed by atoms with E-state index in [2.05, 4.69) is 26.2 Å². The summed E-state index contributed by atoms with van der Waals surface area (Å²) < 4.78 is 14.0. The number of hydrogen-bond donors (Lipinski definition) is 3. The van der Waals surface area contributed by atoms with E-state index in [9.17, 15) is 4.39 Å². The summed E-state index contributed by atoms with van der Waals surface area (Å²) in [6, 6.07) is 0.691. The third-order valence-corrected chi connectivity index (χ3v) is 2.29. The van der Waals surface area contributed by atoms with Crippen molar-refractivity contribution >= 4 is 15.9 Å². The van der Waals surface area contributed by atoms with Crippen LogP contribution in [0.4, 0.5) is 4.39 Å². The van der Waals surface area contributed by atoms with E-state index in [0.29, 0.717) is 4.47 Å². The Bertz CT molecular complexity index is 325. The second-order valence-corrected chi connectivity index (χ2v) is 3.85. The molecule has 0 spiro atoms. The van der Waals surface area contributed by atoms with E-state index in [0.717, 1.165) is 0 Å². The van der Waals surface area contributed by atoms with E-state index in [-0.39, 0.29) is 25.5 Å². The highest BCUT2D eigenvalue weighted by molar-refractivity contribution is 9.10. The fraction of sp³-hybridized carbons (Fsp3) is 0.444. The predicted molar refractivity (Wildman–Crippen MR) is 56.8 cm³/mol. The fourth-order valence-corrected chi connectivity index (χ4v) is 1.47. The van der Waals surface area contributed by atoms with Gasteiger partial charge in [0.1, 0.15) is 5.82 Å². The minimum Gasteiger partial charge on any atom is -0.395 e. The number of nitrogens with one attached hydrogen (secondary N) is 1. The Balaban J connectivity index is 2.81. The van der Waals surface area contributed by atoms with E-state index in [1.165, 1.54) is 12.3 Å². The van der Waals surface area contributed by atoms with Crippen LogP contribution < -0.4 is 5.32 Å². The molecule has 1 rings (SSSR count). The molecule has 15 heavy (non-hydrogen) atoms. The lowest BCUT2D eigenvalue weighted by atomic mass is 10.2. The summed E-state index contributed by atoms with van der Waals surface area (Å²) in [7, 11) is 0. The number of rotatable bonds is 5. The monoisotopic (exact) mass is 278 g/mol. The van der Waals surface area contributed by atoms with Crippen LogP contribution in [0.25, 0.3) is 0 Å². The lowest BCUT2D eigenvalue weighted by molar-refractivity contribution is 0.222. The Hall–Kier alpha value is -0.560. The van der Waals surface area contributed by atoms with Gasteiger partial charge in [-0.15, -0.1) is 0 Å². The van der Waals surface area contributed by atoms with Gasteiger partial charge in [0.15, 0.2) is 0 Å². The molecule has 0 aliphatic carbocycles. The van der Waals surface area contributed by atoms with Crippen LogP contribution in [0, 0.1) is 5.82 Å². The lowest BCUT2D eigenvalue weighted by Crippen LogP contribution is -2.28. The first-order valence-electron chi connectivity index (χ1n) is 4.45. The predicted octanol–water partition coefficient (Wildman–Crippen LogP) is 0.599. The SMILES string of the molecule is OCCNC(CO)c1ncc(Br)cc1F. The smallest absolute Gasteiger partial charge is 0.147 e. The molecule has 0 aliphatic rings. The van der Waals surface area contributed by atoms with E-state index in [4.69, 9.17) is 10.2 Å². The standard InChI is InChI=1S/C9H12BrFN2O2/c10-6-3-7(11)9(13-4-6)8(5-15)12-1-2-14/h3-4,8,12,14-15H,1-2,5H2. The van der Waals surface area contributed by atoms with Crippen molar-refractivity contribution in [1.29, 1.82) is 0 Å². The molecule has 0 aliphatic heterocycles. The Labute approximate surface area is 95.3 Å². The molecule has 84 valence electrons. The van der Waals surface area contributed by atoms with Gasteiger partial charge in [-0.25, -0.2) is 4.39 Å². The number of aliphatic hydroxyl groups excluding tert-OH is 2. The van der Waals surface area contributed by atoms with Gasteiger partial charge in [-0.05, 0) is 22.0 Å². The van der Waals surface area contributed by atoms with Crippen LogP contribution in [0.5, 0.6) is 0 Å². The summed E-state index contributed by atoms with van der Waals surface area (Å²) in [6.07, 6.45) is 1.46. The molecule has 1 unspecified atom stereocenters. The summed E-state index contributed by atoms with van der Waals surface area (Å²) in [5.74, 6) is -0.492. The molecular weight excluding hydrogens is 267 g/mol. The molecule has 0 radical (unpaired) electrons. The van der Waals surface area contributed by atoms with Crippen molar-refractivity contribution in [1.82, 2.24) is 10.3 Å². The molecule has 1 heterocycles. The van der Waals surface area contributed by atoms with E-state index in [1.807, 2.05) is 0 Å². The molecule has 1 aromatic rings. The van der Waals surface area contributed by atoms with Crippen molar-refractivity contribution in [3.63, 3.8) is 0 Å². The molecule has 6 heteroatoms. The number of pyridine rings is 1. The van der Waals surface area contributed by atoms with Crippen molar-refractivity contribution in [2.75, 3.05) is 19.8 Å². The highest BCUT2D eigenvalue weighted by Gasteiger charge is 2.15. The van der Waals surface area contributed by atoms with Gasteiger partial charge < -0.3 is 15.5 Å². The summed E-state index contributed by atoms with van der Waals surface area (Å²) in [6.45, 7) is -0.0669. The maximum Gasteiger partial charge on any atom is 0.147 e. The minimum absolute atomic E-state index is 0.0748. The van der Waals surface area contributed by atoms with Crippen molar-refractivity contribution in [2.24, 2.45) is 0 Å². The molecule has 3 N–H and O–H groups in total. The Morgan fingerprint density at radius 3 is 2.80 bits per heavy atom. The minimum atomic E-state index is -0.592. The first kappa shape index (κ1) is 12.5. The highest BCUT2D eigenvalue weighted by Crippen LogP contribution is 2.17. The number of nitrogens with zero attached hydrogens (tertiary/aromatic N) is 1. The molecule has 0 bridgehead atoms. The van der Waals surface area contributed by atoms with Crippen LogP contribution in [-0.2, 0) is 0 Å². The average Bonchev–Trinajstić information content (AvgIpc) is 2.21. The zero-order chi connectivity index (χ0) is 11.3. The van der Waals surface area contributed by atoms with Crippen LogP contribution in [0.1, 0.15) is 11.7 Å². The van der Waals surface area contributed by atoms with Crippen LogP contribution in [0.15, 0.2) is 16.7 Å². The molecule has 1 aromatic heterocycles. The van der Waals surface area contributed by atoms with E-state index < -0.39 is 11.9 Å². The van der Waals surface area contributed by atoms with Gasteiger partial charge in [0.05, 0.1) is 24.9 Å². The van der Waals surface area contributed by atoms with Gasteiger partial charge in [0, 0.05) is 17.2 Å². The maximum atomic E-state index is 13.4. The largest absolute Gasteiger partial charge is 0.395 e. The van der Waals surface area contributed by atoms with Crippen LogP contribution in [-0.4, -0.2) is 35.0 Å². The van der Waals surface area contributed by atoms with Crippen LogP contribution in [0.3, 0.4) is 0 Å². The Morgan fingerprint density at radius 2 is 2.27 bits per heavy atom. The number of halogens is 2. The summed E-state index contributed by atoms with van der Waals surface area (Å²) in [5, 5.41) is 20.4. The summed E-state index contributed by atoms with van der Waals surface area (Å²) in [5.41, 5.74) is 0.147. The zero-order valence-electron chi connectivity index (χ0n) is 7.95. The molecule has 0 saturated heterocycles. The number of hydrogen-bond acceptors (Lipinski definition) is 4. The van der Waals surface area contributed by atoms with Crippen LogP contribution >= 0.6 is 15.9 Å². The lowest BCUT2D eigenvalue weighted by Gasteiger charge is -2.15. The van der Waals surface area contributed by atoms with Gasteiger partial charge >= 0.3 is 0 Å². The summed E-state index contributed by atoms with van der Waals surface area (Å²) in [4.78, 5) is 3.88. The second kappa shape index (κ2) is 6.12. The van der Waals surface area contributed by atoms with Crippen molar-refractivity contribution in [3.05, 3.63) is 28.2 Å². The normalized spacial score (nSPS) is 12.8. The Morgan fingerprint density at radius 1 is 1.53 bits per heavy atom. The number of aromatic nitrogens is 1. The van der Waals surface area contributed by atoms with Crippen molar-refractivity contribution in [2.45, 2.75) is 6.04 Å². The van der Waals surface area contributed by atoms with Gasteiger partial charge in [-0.3, -0.25) is 4.98 Å². The quantitative estimate of drug-likeness (QED) is 0.738. The topological polar surface area (TPSA) is 65.4 Å². The van der Waals surface area contributed by atoms with E-state index in [1.54, 1.807) is 0 Å². The van der Waals surface area contributed by atoms with Crippen molar-refractivity contribution < 1.29 is 14.6 Å². The molecule has 0 fully saturated rings. The first-order chi connectivity index (χ1) is 7.19. The zero-order valence-corrected chi connectivity index (χ0v) is 9.54. The third kappa shape index (κ3) is 3.49. The van der Waals surface area contributed by atoms with Gasteiger partial charge in [0.25, 0.3) is 0 Å². The van der Waals surface area contributed by atoms with Gasteiger partial charge in [0.2, 0.25) is 0 Å². The molecule has 0 aromatic carbocycles. The van der Waals surface area contributed by atoms with Crippen LogP contribution in [0.2, 0.25) is 0 Å². The summed E-state index contributed by atoms with van der Waals surface area (Å²) >= 11 is 3.09. The molecule has 1 atom stereocenters. The van der Waals surface area contributed by atoms with Gasteiger partial charge in [-0.2, -0.15) is 0 Å². The van der Waals surface area contributed by atoms with Crippen molar-refractivity contribution in [3.8, 4) is 0 Å². The third-order valence-electron chi connectivity index (χ3n) is 1.85. The Kier molecular flexibility index (Phi) is 5.10. The number of aliphatic hydroxyl groups is 2. The van der Waals surface area contributed by atoms with E-state index >= 15 is 0 Å². The molecule has 4 nitrogen and oxygen atoms in total. The van der Waals surface area contributed by atoms with Gasteiger partial charge in [-0.1, -0.05) is 0 Å². The molecular formula is C9H12BrFN2O2.